The SMILES string of the molecule is N#Cc1cccc(-c2cc(-n3c4ccc(-c5ccc(-c6ccccc6)nc5)cc4c4cc(-c5ccc(-c6ccccc6)nc5)ccc43)c(C#N)cc2-n2c3ccc(-c4ccc(-c5ccccc5)nc4)cc3c3cc(-c4ccc(-c5ccccc5)nc4)ccc32)c1. The number of rotatable bonds is 11. The highest BCUT2D eigenvalue weighted by atomic mass is 15.0. The maximum Gasteiger partial charge on any atom is 0.101 e. The Morgan fingerprint density at radius 3 is 0.878 bits per heavy atom. The quantitative estimate of drug-likeness (QED) is 0.128. The number of nitriles is 2. The van der Waals surface area contributed by atoms with Crippen molar-refractivity contribution in [2.75, 3.05) is 0 Å². The van der Waals surface area contributed by atoms with Crippen molar-refractivity contribution in [2.45, 2.75) is 0 Å². The van der Waals surface area contributed by atoms with Crippen LogP contribution in [0.2, 0.25) is 0 Å². The molecule has 0 saturated heterocycles. The van der Waals surface area contributed by atoms with E-state index < -0.39 is 0 Å². The minimum Gasteiger partial charge on any atom is -0.309 e. The molecule has 8 nitrogen and oxygen atoms in total. The highest BCUT2D eigenvalue weighted by Crippen LogP contribution is 2.44. The number of aromatic nitrogens is 6. The Kier molecular flexibility index (Phi) is 13.1. The van der Waals surface area contributed by atoms with Gasteiger partial charge in [0.05, 0.1) is 73.4 Å². The summed E-state index contributed by atoms with van der Waals surface area (Å²) in [7, 11) is 0. The molecule has 90 heavy (non-hydrogen) atoms. The topological polar surface area (TPSA) is 109 Å². The molecule has 0 fully saturated rings. The van der Waals surface area contributed by atoms with E-state index >= 15 is 0 Å². The van der Waals surface area contributed by atoms with Gasteiger partial charge in [-0.3, -0.25) is 19.9 Å². The van der Waals surface area contributed by atoms with E-state index in [-0.39, 0.29) is 0 Å². The number of benzene rings is 10. The van der Waals surface area contributed by atoms with E-state index in [1.807, 2.05) is 122 Å². The first-order valence-electron chi connectivity index (χ1n) is 29.8. The zero-order valence-corrected chi connectivity index (χ0v) is 48.4. The van der Waals surface area contributed by atoms with Crippen molar-refractivity contribution in [1.82, 2.24) is 29.1 Å². The predicted molar refractivity (Wildman–Crippen MR) is 365 cm³/mol. The molecule has 10 aromatic carbocycles. The third-order valence-electron chi connectivity index (χ3n) is 17.2. The normalized spacial score (nSPS) is 11.3. The minimum absolute atomic E-state index is 0.468. The molecule has 16 aromatic rings. The zero-order valence-electron chi connectivity index (χ0n) is 48.4. The second-order valence-corrected chi connectivity index (χ2v) is 22.5. The first-order chi connectivity index (χ1) is 44.5. The molecule has 0 aliphatic carbocycles. The van der Waals surface area contributed by atoms with Crippen molar-refractivity contribution in [3.8, 4) is 124 Å². The van der Waals surface area contributed by atoms with Crippen LogP contribution in [0.3, 0.4) is 0 Å². The lowest BCUT2D eigenvalue weighted by molar-refractivity contribution is 1.14. The van der Waals surface area contributed by atoms with E-state index in [0.29, 0.717) is 16.8 Å². The fourth-order valence-electron chi connectivity index (χ4n) is 12.7. The Balaban J connectivity index is 0.899. The van der Waals surface area contributed by atoms with Crippen molar-refractivity contribution in [1.29, 1.82) is 10.5 Å². The molecule has 8 heteroatoms. The van der Waals surface area contributed by atoms with Crippen LogP contribution < -0.4 is 0 Å². The van der Waals surface area contributed by atoms with Gasteiger partial charge in [-0.15, -0.1) is 0 Å². The van der Waals surface area contributed by atoms with Crippen LogP contribution in [0.4, 0.5) is 0 Å². The first-order valence-corrected chi connectivity index (χ1v) is 29.8. The smallest absolute Gasteiger partial charge is 0.101 e. The zero-order chi connectivity index (χ0) is 60.1. The number of hydrogen-bond acceptors (Lipinski definition) is 6. The molecule has 0 aliphatic heterocycles. The van der Waals surface area contributed by atoms with Crippen LogP contribution in [0.5, 0.6) is 0 Å². The molecule has 6 heterocycles. The molecule has 0 N–H and O–H groups in total. The lowest BCUT2D eigenvalue weighted by atomic mass is 9.97. The molecular formula is C82H50N8. The second kappa shape index (κ2) is 22.3. The highest BCUT2D eigenvalue weighted by molar-refractivity contribution is 6.14. The van der Waals surface area contributed by atoms with E-state index in [0.717, 1.165) is 150 Å². The molecule has 0 bridgehead atoms. The molecule has 0 saturated carbocycles. The van der Waals surface area contributed by atoms with Gasteiger partial charge in [0.15, 0.2) is 0 Å². The summed E-state index contributed by atoms with van der Waals surface area (Å²) in [6.07, 6.45) is 7.78. The van der Waals surface area contributed by atoms with Crippen LogP contribution in [-0.4, -0.2) is 29.1 Å². The first kappa shape index (κ1) is 52.9. The third-order valence-corrected chi connectivity index (χ3v) is 17.2. The number of fused-ring (bicyclic) bond motifs is 6. The minimum atomic E-state index is 0.468. The molecule has 0 aliphatic rings. The maximum atomic E-state index is 11.7. The van der Waals surface area contributed by atoms with Crippen molar-refractivity contribution in [2.24, 2.45) is 0 Å². The summed E-state index contributed by atoms with van der Waals surface area (Å²) in [5.41, 5.74) is 23.7. The Morgan fingerprint density at radius 2 is 0.567 bits per heavy atom. The average molecular weight is 1150 g/mol. The fourth-order valence-corrected chi connectivity index (χ4v) is 12.7. The summed E-state index contributed by atoms with van der Waals surface area (Å²) in [5, 5.41) is 26.3. The molecule has 0 spiro atoms. The largest absolute Gasteiger partial charge is 0.309 e. The van der Waals surface area contributed by atoms with E-state index in [2.05, 4.69) is 203 Å². The second-order valence-electron chi connectivity index (χ2n) is 22.5. The van der Waals surface area contributed by atoms with Crippen molar-refractivity contribution >= 4 is 43.6 Å². The molecule has 16 rings (SSSR count). The predicted octanol–water partition coefficient (Wildman–Crippen LogP) is 20.2. The van der Waals surface area contributed by atoms with Gasteiger partial charge >= 0.3 is 0 Å². The highest BCUT2D eigenvalue weighted by Gasteiger charge is 2.24. The summed E-state index contributed by atoms with van der Waals surface area (Å²) in [4.78, 5) is 19.7. The average Bonchev–Trinajstić information content (AvgIpc) is 1.58. The van der Waals surface area contributed by atoms with Crippen LogP contribution in [0.15, 0.2) is 304 Å². The lowest BCUT2D eigenvalue weighted by Gasteiger charge is -2.19. The maximum absolute atomic E-state index is 11.7. The van der Waals surface area contributed by atoms with Gasteiger partial charge in [0.25, 0.3) is 0 Å². The number of hydrogen-bond donors (Lipinski definition) is 0. The fraction of sp³-hybridized carbons (Fsp3) is 0. The molecule has 0 unspecified atom stereocenters. The van der Waals surface area contributed by atoms with Gasteiger partial charge in [-0.1, -0.05) is 182 Å². The lowest BCUT2D eigenvalue weighted by Crippen LogP contribution is -2.04. The van der Waals surface area contributed by atoms with Crippen molar-refractivity contribution in [3.05, 3.63) is 315 Å². The van der Waals surface area contributed by atoms with Gasteiger partial charge in [0.2, 0.25) is 0 Å². The molecule has 0 radical (unpaired) electrons. The molecule has 6 aromatic heterocycles. The third kappa shape index (κ3) is 9.51. The summed E-state index contributed by atoms with van der Waals surface area (Å²) < 4.78 is 4.51. The van der Waals surface area contributed by atoms with Crippen LogP contribution in [0.25, 0.3) is 156 Å². The van der Waals surface area contributed by atoms with Gasteiger partial charge in [-0.05, 0) is 125 Å². The Morgan fingerprint density at radius 1 is 0.244 bits per heavy atom. The summed E-state index contributed by atoms with van der Waals surface area (Å²) in [6.45, 7) is 0. The van der Waals surface area contributed by atoms with Crippen molar-refractivity contribution in [3.63, 3.8) is 0 Å². The summed E-state index contributed by atoms with van der Waals surface area (Å²) in [5.74, 6) is 0. The summed E-state index contributed by atoms with van der Waals surface area (Å²) >= 11 is 0. The van der Waals surface area contributed by atoms with E-state index in [9.17, 15) is 10.5 Å². The molecule has 0 atom stereocenters. The number of nitrogens with zero attached hydrogens (tertiary/aromatic N) is 8. The van der Waals surface area contributed by atoms with Gasteiger partial charge in [0.1, 0.15) is 6.07 Å². The van der Waals surface area contributed by atoms with Crippen LogP contribution in [-0.2, 0) is 0 Å². The molecule has 0 amide bonds. The Bertz CT molecular complexity index is 5210. The van der Waals surface area contributed by atoms with Gasteiger partial charge in [-0.2, -0.15) is 10.5 Å². The van der Waals surface area contributed by atoms with Crippen LogP contribution >= 0.6 is 0 Å². The van der Waals surface area contributed by atoms with E-state index in [1.165, 1.54) is 0 Å². The standard InChI is InChI=1S/C82H50N8/c83-47-53-14-13-23-62(40-53)68-46-81(89-77-36-28-58(63-24-32-73(85-49-63)54-15-5-1-6-16-54)41-69(77)70-42-59(29-37-78(70)89)64-25-33-74(86-50-64)55-17-7-2-8-18-55)67(48-84)45-82(68)90-79-38-30-60(65-26-34-75(87-51-65)56-19-9-3-10-20-56)43-71(79)72-44-61(31-39-80(72)90)66-27-35-76(88-52-66)57-21-11-4-12-22-57/h1-46,49-52H. The monoisotopic (exact) mass is 1150 g/mol. The molecule has 418 valence electrons. The van der Waals surface area contributed by atoms with E-state index in [4.69, 9.17) is 19.9 Å². The molecular weight excluding hydrogens is 1100 g/mol. The van der Waals surface area contributed by atoms with Crippen LogP contribution in [0.1, 0.15) is 11.1 Å². The number of pyridine rings is 4. The van der Waals surface area contributed by atoms with Crippen molar-refractivity contribution < 1.29 is 0 Å². The summed E-state index contributed by atoms with van der Waals surface area (Å²) in [6, 6.07) is 101. The van der Waals surface area contributed by atoms with Crippen LogP contribution in [0, 0.1) is 22.7 Å². The van der Waals surface area contributed by atoms with E-state index in [1.54, 1.807) is 0 Å². The van der Waals surface area contributed by atoms with Gasteiger partial charge < -0.3 is 9.13 Å². The van der Waals surface area contributed by atoms with Gasteiger partial charge in [-0.25, -0.2) is 0 Å². The Hall–Kier alpha value is -12.6. The Labute approximate surface area is 519 Å². The van der Waals surface area contributed by atoms with Gasteiger partial charge in [0, 0.05) is 96.4 Å².